The minimum Gasteiger partial charge on any atom is -0.399 e. The van der Waals surface area contributed by atoms with Crippen molar-refractivity contribution in [2.75, 3.05) is 10.6 Å². The van der Waals surface area contributed by atoms with Gasteiger partial charge in [0.25, 0.3) is 0 Å². The first-order valence-electron chi connectivity index (χ1n) is 8.01. The van der Waals surface area contributed by atoms with Crippen molar-refractivity contribution < 1.29 is 0 Å². The number of nitrogens with zero attached hydrogens (tertiary/aromatic N) is 1. The smallest absolute Gasteiger partial charge is 0.0468 e. The summed E-state index contributed by atoms with van der Waals surface area (Å²) in [6.45, 7) is 0. The van der Waals surface area contributed by atoms with Crippen LogP contribution in [0.1, 0.15) is 0 Å². The normalized spacial score (nSPS) is 10.7. The molecule has 0 spiro atoms. The maximum atomic E-state index is 5.86. The molecule has 4 rings (SSSR count). The summed E-state index contributed by atoms with van der Waals surface area (Å²) in [6, 6.07) is 33.3. The molecule has 0 amide bonds. The molecular formula is C22H18N2. The Labute approximate surface area is 141 Å². The maximum absolute atomic E-state index is 5.86. The van der Waals surface area contributed by atoms with Crippen LogP contribution in [0.5, 0.6) is 0 Å². The van der Waals surface area contributed by atoms with E-state index in [9.17, 15) is 0 Å². The quantitative estimate of drug-likeness (QED) is 0.478. The second-order valence-electron chi connectivity index (χ2n) is 5.79. The van der Waals surface area contributed by atoms with Crippen LogP contribution in [-0.2, 0) is 0 Å². The summed E-state index contributed by atoms with van der Waals surface area (Å²) in [4.78, 5) is 2.24. The van der Waals surface area contributed by atoms with E-state index in [1.165, 1.54) is 10.8 Å². The Morgan fingerprint density at radius 3 is 1.83 bits per heavy atom. The number of anilines is 4. The first kappa shape index (κ1) is 14.3. The predicted octanol–water partition coefficient (Wildman–Crippen LogP) is 5.89. The fourth-order valence-corrected chi connectivity index (χ4v) is 2.96. The highest BCUT2D eigenvalue weighted by atomic mass is 15.1. The summed E-state index contributed by atoms with van der Waals surface area (Å²) in [5.74, 6) is 0. The SMILES string of the molecule is Nc1ccc(N(c2ccccc2)c2ccc3ccccc3c2)cc1. The number of para-hydroxylation sites is 1. The van der Waals surface area contributed by atoms with Crippen molar-refractivity contribution in [1.82, 2.24) is 0 Å². The van der Waals surface area contributed by atoms with Gasteiger partial charge in [0.05, 0.1) is 0 Å². The van der Waals surface area contributed by atoms with Crippen molar-refractivity contribution >= 4 is 33.5 Å². The zero-order chi connectivity index (χ0) is 16.4. The molecule has 24 heavy (non-hydrogen) atoms. The molecule has 0 aromatic heterocycles. The molecule has 0 aliphatic heterocycles. The summed E-state index contributed by atoms with van der Waals surface area (Å²) in [7, 11) is 0. The molecule has 4 aromatic carbocycles. The van der Waals surface area contributed by atoms with Gasteiger partial charge in [-0.15, -0.1) is 0 Å². The van der Waals surface area contributed by atoms with E-state index in [0.29, 0.717) is 0 Å². The summed E-state index contributed by atoms with van der Waals surface area (Å²) in [5.41, 5.74) is 9.97. The van der Waals surface area contributed by atoms with Gasteiger partial charge in [-0.3, -0.25) is 0 Å². The van der Waals surface area contributed by atoms with Crippen LogP contribution >= 0.6 is 0 Å². The Morgan fingerprint density at radius 1 is 0.500 bits per heavy atom. The highest BCUT2D eigenvalue weighted by Gasteiger charge is 2.12. The van der Waals surface area contributed by atoms with E-state index >= 15 is 0 Å². The van der Waals surface area contributed by atoms with Crippen LogP contribution in [0.25, 0.3) is 10.8 Å². The summed E-state index contributed by atoms with van der Waals surface area (Å²) < 4.78 is 0. The number of fused-ring (bicyclic) bond motifs is 1. The van der Waals surface area contributed by atoms with Gasteiger partial charge in [0.2, 0.25) is 0 Å². The Balaban J connectivity index is 1.89. The third-order valence-electron chi connectivity index (χ3n) is 4.16. The van der Waals surface area contributed by atoms with Crippen LogP contribution in [-0.4, -0.2) is 0 Å². The van der Waals surface area contributed by atoms with E-state index < -0.39 is 0 Å². The molecule has 0 aliphatic carbocycles. The standard InChI is InChI=1S/C22H18N2/c23-19-11-14-21(15-12-19)24(20-8-2-1-3-9-20)22-13-10-17-6-4-5-7-18(17)16-22/h1-16H,23H2. The molecule has 0 bridgehead atoms. The highest BCUT2D eigenvalue weighted by Crippen LogP contribution is 2.35. The topological polar surface area (TPSA) is 29.3 Å². The Bertz CT molecular complexity index is 960. The molecule has 0 radical (unpaired) electrons. The van der Waals surface area contributed by atoms with Gasteiger partial charge in [0.15, 0.2) is 0 Å². The average Bonchev–Trinajstić information content (AvgIpc) is 2.64. The Morgan fingerprint density at radius 2 is 1.08 bits per heavy atom. The van der Waals surface area contributed by atoms with Gasteiger partial charge in [-0.1, -0.05) is 48.5 Å². The molecule has 4 aromatic rings. The second kappa shape index (κ2) is 6.09. The monoisotopic (exact) mass is 310 g/mol. The molecule has 116 valence electrons. The first-order valence-corrected chi connectivity index (χ1v) is 8.01. The minimum atomic E-state index is 0.769. The van der Waals surface area contributed by atoms with Crippen molar-refractivity contribution in [3.63, 3.8) is 0 Å². The van der Waals surface area contributed by atoms with Gasteiger partial charge < -0.3 is 10.6 Å². The van der Waals surface area contributed by atoms with E-state index in [2.05, 4.69) is 83.8 Å². The molecule has 2 heteroatoms. The fourth-order valence-electron chi connectivity index (χ4n) is 2.96. The van der Waals surface area contributed by atoms with Crippen LogP contribution in [0.2, 0.25) is 0 Å². The van der Waals surface area contributed by atoms with Crippen LogP contribution in [0.3, 0.4) is 0 Å². The Kier molecular flexibility index (Phi) is 3.64. The zero-order valence-corrected chi connectivity index (χ0v) is 13.3. The van der Waals surface area contributed by atoms with E-state index in [-0.39, 0.29) is 0 Å². The van der Waals surface area contributed by atoms with Crippen LogP contribution in [0.15, 0.2) is 97.1 Å². The van der Waals surface area contributed by atoms with Gasteiger partial charge in [0, 0.05) is 22.7 Å². The third kappa shape index (κ3) is 2.70. The lowest BCUT2D eigenvalue weighted by Gasteiger charge is -2.25. The fraction of sp³-hybridized carbons (Fsp3) is 0. The third-order valence-corrected chi connectivity index (χ3v) is 4.16. The van der Waals surface area contributed by atoms with E-state index in [1.807, 2.05) is 18.2 Å². The number of hydrogen-bond acceptors (Lipinski definition) is 2. The Hall–Kier alpha value is -3.26. The average molecular weight is 310 g/mol. The number of rotatable bonds is 3. The molecule has 0 unspecified atom stereocenters. The van der Waals surface area contributed by atoms with E-state index in [1.54, 1.807) is 0 Å². The molecule has 0 heterocycles. The first-order chi connectivity index (χ1) is 11.8. The number of benzene rings is 4. The minimum absolute atomic E-state index is 0.769. The maximum Gasteiger partial charge on any atom is 0.0468 e. The van der Waals surface area contributed by atoms with Gasteiger partial charge in [-0.05, 0) is 59.3 Å². The summed E-state index contributed by atoms with van der Waals surface area (Å²) in [5, 5.41) is 2.47. The molecule has 2 N–H and O–H groups in total. The number of hydrogen-bond donors (Lipinski definition) is 1. The van der Waals surface area contributed by atoms with Crippen LogP contribution in [0.4, 0.5) is 22.7 Å². The van der Waals surface area contributed by atoms with Crippen LogP contribution in [0, 0.1) is 0 Å². The van der Waals surface area contributed by atoms with Crippen molar-refractivity contribution in [1.29, 1.82) is 0 Å². The molecule has 0 atom stereocenters. The highest BCUT2D eigenvalue weighted by molar-refractivity contribution is 5.89. The predicted molar refractivity (Wildman–Crippen MR) is 103 cm³/mol. The molecule has 0 saturated carbocycles. The lowest BCUT2D eigenvalue weighted by Crippen LogP contribution is -2.09. The van der Waals surface area contributed by atoms with Gasteiger partial charge >= 0.3 is 0 Å². The second-order valence-corrected chi connectivity index (χ2v) is 5.79. The lowest BCUT2D eigenvalue weighted by molar-refractivity contribution is 1.29. The van der Waals surface area contributed by atoms with Gasteiger partial charge in [0.1, 0.15) is 0 Å². The number of nitrogen functional groups attached to an aromatic ring is 1. The summed E-state index contributed by atoms with van der Waals surface area (Å²) in [6.07, 6.45) is 0. The van der Waals surface area contributed by atoms with Gasteiger partial charge in [-0.25, -0.2) is 0 Å². The van der Waals surface area contributed by atoms with Gasteiger partial charge in [-0.2, -0.15) is 0 Å². The largest absolute Gasteiger partial charge is 0.399 e. The lowest BCUT2D eigenvalue weighted by atomic mass is 10.1. The molecule has 2 nitrogen and oxygen atoms in total. The molecular weight excluding hydrogens is 292 g/mol. The number of nitrogens with two attached hydrogens (primary N) is 1. The van der Waals surface area contributed by atoms with Crippen molar-refractivity contribution in [3.05, 3.63) is 97.1 Å². The van der Waals surface area contributed by atoms with E-state index in [4.69, 9.17) is 5.73 Å². The zero-order valence-electron chi connectivity index (χ0n) is 13.3. The van der Waals surface area contributed by atoms with Crippen molar-refractivity contribution in [3.8, 4) is 0 Å². The van der Waals surface area contributed by atoms with Crippen molar-refractivity contribution in [2.45, 2.75) is 0 Å². The van der Waals surface area contributed by atoms with Crippen molar-refractivity contribution in [2.24, 2.45) is 0 Å². The van der Waals surface area contributed by atoms with E-state index in [0.717, 1.165) is 22.7 Å². The summed E-state index contributed by atoms with van der Waals surface area (Å²) >= 11 is 0. The molecule has 0 saturated heterocycles. The molecule has 0 fully saturated rings. The van der Waals surface area contributed by atoms with Crippen LogP contribution < -0.4 is 10.6 Å². The molecule has 0 aliphatic rings.